The lowest BCUT2D eigenvalue weighted by Gasteiger charge is -2.33. The van der Waals surface area contributed by atoms with Crippen LogP contribution in [0.4, 0.5) is 4.79 Å². The number of para-hydroxylation sites is 1. The molecular formula is C27H33N2O2. The van der Waals surface area contributed by atoms with Crippen LogP contribution >= 0.6 is 0 Å². The molecule has 4 rings (SSSR count). The minimum Gasteiger partial charge on any atom is -0.444 e. The maximum absolute atomic E-state index is 12.4. The van der Waals surface area contributed by atoms with Crippen molar-refractivity contribution in [2.75, 3.05) is 13.1 Å². The van der Waals surface area contributed by atoms with Crippen molar-refractivity contribution in [1.29, 1.82) is 0 Å². The second kappa shape index (κ2) is 8.78. The fraction of sp³-hybridized carbons (Fsp3) is 0.407. The number of nitrogens with zero attached hydrogens (tertiary/aromatic N) is 1. The summed E-state index contributed by atoms with van der Waals surface area (Å²) in [6.07, 6.45) is 3.35. The summed E-state index contributed by atoms with van der Waals surface area (Å²) < 4.78 is 5.55. The second-order valence-corrected chi connectivity index (χ2v) is 9.51. The molecule has 4 nitrogen and oxygen atoms in total. The summed E-state index contributed by atoms with van der Waals surface area (Å²) in [7, 11) is 0. The van der Waals surface area contributed by atoms with Gasteiger partial charge in [0.15, 0.2) is 0 Å². The molecule has 0 spiro atoms. The number of H-pyrrole nitrogens is 1. The summed E-state index contributed by atoms with van der Waals surface area (Å²) in [6.45, 7) is 11.4. The van der Waals surface area contributed by atoms with E-state index in [0.29, 0.717) is 5.92 Å². The molecular weight excluding hydrogens is 384 g/mol. The molecule has 1 amide bonds. The number of benzene rings is 2. The van der Waals surface area contributed by atoms with E-state index in [1.807, 2.05) is 25.7 Å². The Morgan fingerprint density at radius 3 is 2.45 bits per heavy atom. The molecule has 1 aliphatic rings. The van der Waals surface area contributed by atoms with E-state index in [0.717, 1.165) is 38.8 Å². The van der Waals surface area contributed by atoms with Crippen LogP contribution in [0.15, 0.2) is 48.5 Å². The average Bonchev–Trinajstić information content (AvgIpc) is 3.11. The van der Waals surface area contributed by atoms with Crippen LogP contribution in [0.5, 0.6) is 0 Å². The van der Waals surface area contributed by atoms with Crippen LogP contribution in [0.1, 0.15) is 61.9 Å². The number of piperidine rings is 1. The van der Waals surface area contributed by atoms with Crippen LogP contribution < -0.4 is 0 Å². The number of hydrogen-bond donors (Lipinski definition) is 1. The molecule has 163 valence electrons. The minimum absolute atomic E-state index is 0.200. The zero-order valence-corrected chi connectivity index (χ0v) is 18.9. The molecule has 0 bridgehead atoms. The van der Waals surface area contributed by atoms with Crippen molar-refractivity contribution >= 4 is 17.0 Å². The smallest absolute Gasteiger partial charge is 0.410 e. The third-order valence-corrected chi connectivity index (χ3v) is 6.12. The summed E-state index contributed by atoms with van der Waals surface area (Å²) in [6, 6.07) is 17.3. The van der Waals surface area contributed by atoms with Gasteiger partial charge in [-0.25, -0.2) is 4.79 Å². The minimum atomic E-state index is -0.455. The summed E-state index contributed by atoms with van der Waals surface area (Å²) in [5, 5.41) is 1.30. The Balaban J connectivity index is 1.56. The molecule has 0 saturated carbocycles. The van der Waals surface area contributed by atoms with Gasteiger partial charge in [-0.2, -0.15) is 0 Å². The molecule has 0 aliphatic carbocycles. The van der Waals surface area contributed by atoms with E-state index in [1.54, 1.807) is 0 Å². The molecule has 2 aromatic carbocycles. The third kappa shape index (κ3) is 4.79. The van der Waals surface area contributed by atoms with Gasteiger partial charge in [-0.15, -0.1) is 0 Å². The monoisotopic (exact) mass is 417 g/mol. The molecule has 4 heteroatoms. The van der Waals surface area contributed by atoms with E-state index in [4.69, 9.17) is 4.74 Å². The molecule has 3 aromatic rings. The Morgan fingerprint density at radius 1 is 1.10 bits per heavy atom. The lowest BCUT2D eigenvalue weighted by molar-refractivity contribution is 0.0205. The van der Waals surface area contributed by atoms with Gasteiger partial charge in [0.2, 0.25) is 0 Å². The van der Waals surface area contributed by atoms with Gasteiger partial charge in [0.1, 0.15) is 5.60 Å². The first-order valence-electron chi connectivity index (χ1n) is 11.3. The summed E-state index contributed by atoms with van der Waals surface area (Å²) in [5.74, 6) is 0.434. The first kappa shape index (κ1) is 21.5. The fourth-order valence-electron chi connectivity index (χ4n) is 4.61. The van der Waals surface area contributed by atoms with Gasteiger partial charge in [0, 0.05) is 29.7 Å². The standard InChI is InChI=1S/C27H33N2O2/c1-5-24-23(18-19-10-7-6-8-11-19)22-13-9-12-21(25(22)28-24)20-14-16-29(17-15-20)26(30)31-27(2,3)4/h6-13,20,28H,1,5,14-18H2,2-4H3. The predicted octanol–water partition coefficient (Wildman–Crippen LogP) is 6.25. The number of ether oxygens (including phenoxy) is 1. The quantitative estimate of drug-likeness (QED) is 0.545. The van der Waals surface area contributed by atoms with E-state index in [2.05, 4.69) is 60.4 Å². The van der Waals surface area contributed by atoms with Gasteiger partial charge < -0.3 is 14.6 Å². The van der Waals surface area contributed by atoms with Crippen molar-refractivity contribution in [3.05, 3.63) is 77.8 Å². The highest BCUT2D eigenvalue weighted by molar-refractivity contribution is 5.88. The van der Waals surface area contributed by atoms with Crippen molar-refractivity contribution in [2.45, 2.75) is 58.0 Å². The topological polar surface area (TPSA) is 45.3 Å². The number of carbonyl (C=O) groups excluding carboxylic acids is 1. The van der Waals surface area contributed by atoms with Crippen molar-refractivity contribution in [2.24, 2.45) is 0 Å². The molecule has 1 aliphatic heterocycles. The predicted molar refractivity (Wildman–Crippen MR) is 126 cm³/mol. The molecule has 31 heavy (non-hydrogen) atoms. The third-order valence-electron chi connectivity index (χ3n) is 6.12. The van der Waals surface area contributed by atoms with Gasteiger partial charge >= 0.3 is 6.09 Å². The van der Waals surface area contributed by atoms with E-state index in [9.17, 15) is 4.79 Å². The number of aromatic nitrogens is 1. The lowest BCUT2D eigenvalue weighted by Crippen LogP contribution is -2.41. The van der Waals surface area contributed by atoms with Crippen LogP contribution in [0.3, 0.4) is 0 Å². The Hall–Kier alpha value is -2.75. The van der Waals surface area contributed by atoms with Crippen molar-refractivity contribution < 1.29 is 9.53 Å². The Labute approximate surface area is 185 Å². The SMILES string of the molecule is [CH2]Cc1[nH]c2c(C3CCN(C(=O)OC(C)(C)C)CC3)cccc2c1Cc1ccccc1. The number of aromatic amines is 1. The lowest BCUT2D eigenvalue weighted by atomic mass is 9.88. The first-order chi connectivity index (χ1) is 14.9. The summed E-state index contributed by atoms with van der Waals surface area (Å²) in [4.78, 5) is 18.0. The van der Waals surface area contributed by atoms with Gasteiger partial charge in [-0.3, -0.25) is 0 Å². The fourth-order valence-corrected chi connectivity index (χ4v) is 4.61. The summed E-state index contributed by atoms with van der Waals surface area (Å²) >= 11 is 0. The number of hydrogen-bond acceptors (Lipinski definition) is 2. The van der Waals surface area contributed by atoms with Gasteiger partial charge in [-0.05, 0) is 76.0 Å². The average molecular weight is 418 g/mol. The van der Waals surface area contributed by atoms with E-state index in [1.165, 1.54) is 33.3 Å². The van der Waals surface area contributed by atoms with E-state index < -0.39 is 5.60 Å². The molecule has 0 atom stereocenters. The van der Waals surface area contributed by atoms with Crippen LogP contribution in [-0.2, 0) is 17.6 Å². The molecule has 1 saturated heterocycles. The van der Waals surface area contributed by atoms with Crippen molar-refractivity contribution in [1.82, 2.24) is 9.88 Å². The number of likely N-dealkylation sites (tertiary alicyclic amines) is 1. The number of carbonyl (C=O) groups is 1. The van der Waals surface area contributed by atoms with E-state index in [-0.39, 0.29) is 6.09 Å². The van der Waals surface area contributed by atoms with Gasteiger partial charge in [0.05, 0.1) is 0 Å². The molecule has 1 radical (unpaired) electrons. The number of amides is 1. The molecule has 0 unspecified atom stereocenters. The highest BCUT2D eigenvalue weighted by atomic mass is 16.6. The van der Waals surface area contributed by atoms with Gasteiger partial charge in [-0.1, -0.05) is 48.5 Å². The zero-order chi connectivity index (χ0) is 22.0. The number of rotatable bonds is 4. The van der Waals surface area contributed by atoms with Crippen LogP contribution in [0.25, 0.3) is 10.9 Å². The Kier molecular flexibility index (Phi) is 6.08. The van der Waals surface area contributed by atoms with Crippen LogP contribution in [-0.4, -0.2) is 34.7 Å². The maximum Gasteiger partial charge on any atom is 0.410 e. The largest absolute Gasteiger partial charge is 0.444 e. The highest BCUT2D eigenvalue weighted by Gasteiger charge is 2.28. The van der Waals surface area contributed by atoms with Crippen molar-refractivity contribution in [3.63, 3.8) is 0 Å². The first-order valence-corrected chi connectivity index (χ1v) is 11.3. The Morgan fingerprint density at radius 2 is 1.81 bits per heavy atom. The van der Waals surface area contributed by atoms with Crippen molar-refractivity contribution in [3.8, 4) is 0 Å². The number of nitrogens with one attached hydrogen (secondary N) is 1. The normalized spacial score (nSPS) is 15.4. The van der Waals surface area contributed by atoms with Gasteiger partial charge in [0.25, 0.3) is 0 Å². The maximum atomic E-state index is 12.4. The number of fused-ring (bicyclic) bond motifs is 1. The van der Waals surface area contributed by atoms with Crippen LogP contribution in [0.2, 0.25) is 0 Å². The molecule has 1 aromatic heterocycles. The summed E-state index contributed by atoms with van der Waals surface area (Å²) in [5.41, 5.74) is 6.03. The second-order valence-electron chi connectivity index (χ2n) is 9.51. The van der Waals surface area contributed by atoms with E-state index >= 15 is 0 Å². The zero-order valence-electron chi connectivity index (χ0n) is 18.9. The molecule has 2 heterocycles. The molecule has 1 N–H and O–H groups in total. The highest BCUT2D eigenvalue weighted by Crippen LogP contribution is 2.36. The Bertz CT molecular complexity index is 1040. The molecule has 1 fully saturated rings. The van der Waals surface area contributed by atoms with Crippen LogP contribution in [0, 0.1) is 6.92 Å².